The molecule has 4 nitrogen and oxygen atoms in total. The standard InChI is InChI=1S/C22H16BrFN2O2/c23-16-8-11-19-18(12-16)21(14-6-9-17(24)10-7-14)26(13-20(27)25-19)22(28)15-4-2-1-3-5-15/h1-12,21H,13H2,(H,25,27)/t21-/m1/s1. The van der Waals surface area contributed by atoms with Gasteiger partial charge in [0.05, 0.1) is 6.04 Å². The van der Waals surface area contributed by atoms with Gasteiger partial charge in [-0.1, -0.05) is 46.3 Å². The van der Waals surface area contributed by atoms with Crippen molar-refractivity contribution >= 4 is 33.4 Å². The molecule has 4 rings (SSSR count). The summed E-state index contributed by atoms with van der Waals surface area (Å²) in [5.41, 5.74) is 2.60. The number of fused-ring (bicyclic) bond motifs is 1. The highest BCUT2D eigenvalue weighted by Gasteiger charge is 2.34. The van der Waals surface area contributed by atoms with Crippen molar-refractivity contribution < 1.29 is 14.0 Å². The monoisotopic (exact) mass is 438 g/mol. The number of nitrogens with zero attached hydrogens (tertiary/aromatic N) is 1. The van der Waals surface area contributed by atoms with Crippen LogP contribution in [0, 0.1) is 5.82 Å². The molecule has 28 heavy (non-hydrogen) atoms. The minimum atomic E-state index is -0.542. The van der Waals surface area contributed by atoms with Crippen molar-refractivity contribution in [2.24, 2.45) is 0 Å². The van der Waals surface area contributed by atoms with Crippen molar-refractivity contribution in [1.82, 2.24) is 4.90 Å². The van der Waals surface area contributed by atoms with Gasteiger partial charge in [-0.25, -0.2) is 4.39 Å². The summed E-state index contributed by atoms with van der Waals surface area (Å²) in [6, 6.07) is 19.8. The molecule has 1 heterocycles. The summed E-state index contributed by atoms with van der Waals surface area (Å²) in [7, 11) is 0. The van der Waals surface area contributed by atoms with E-state index in [4.69, 9.17) is 0 Å². The number of carbonyl (C=O) groups excluding carboxylic acids is 2. The topological polar surface area (TPSA) is 49.4 Å². The summed E-state index contributed by atoms with van der Waals surface area (Å²) in [5.74, 6) is -0.905. The van der Waals surface area contributed by atoms with Crippen LogP contribution < -0.4 is 5.32 Å². The number of anilines is 1. The van der Waals surface area contributed by atoms with Crippen molar-refractivity contribution in [3.63, 3.8) is 0 Å². The normalized spacial score (nSPS) is 16.1. The lowest BCUT2D eigenvalue weighted by molar-refractivity contribution is -0.117. The van der Waals surface area contributed by atoms with Gasteiger partial charge in [0.2, 0.25) is 5.91 Å². The van der Waals surface area contributed by atoms with Gasteiger partial charge in [0.1, 0.15) is 12.4 Å². The fraction of sp³-hybridized carbons (Fsp3) is 0.0909. The fourth-order valence-electron chi connectivity index (χ4n) is 3.42. The zero-order valence-electron chi connectivity index (χ0n) is 14.7. The summed E-state index contributed by atoms with van der Waals surface area (Å²) in [6.45, 7) is -0.109. The van der Waals surface area contributed by atoms with E-state index in [2.05, 4.69) is 21.2 Å². The van der Waals surface area contributed by atoms with Crippen LogP contribution in [-0.4, -0.2) is 23.3 Å². The Kier molecular flexibility index (Phi) is 4.96. The Morgan fingerprint density at radius 3 is 2.46 bits per heavy atom. The predicted octanol–water partition coefficient (Wildman–Crippen LogP) is 4.77. The Labute approximate surface area is 170 Å². The highest BCUT2D eigenvalue weighted by molar-refractivity contribution is 9.10. The van der Waals surface area contributed by atoms with E-state index < -0.39 is 6.04 Å². The second-order valence-electron chi connectivity index (χ2n) is 6.53. The Morgan fingerprint density at radius 2 is 1.75 bits per heavy atom. The molecule has 6 heteroatoms. The van der Waals surface area contributed by atoms with E-state index in [1.807, 2.05) is 18.2 Å². The zero-order valence-corrected chi connectivity index (χ0v) is 16.3. The first kappa shape index (κ1) is 18.4. The van der Waals surface area contributed by atoms with E-state index in [1.54, 1.807) is 42.5 Å². The third kappa shape index (κ3) is 3.55. The van der Waals surface area contributed by atoms with Crippen LogP contribution in [0.2, 0.25) is 0 Å². The number of rotatable bonds is 2. The Morgan fingerprint density at radius 1 is 1.04 bits per heavy atom. The Hall–Kier alpha value is -2.99. The van der Waals surface area contributed by atoms with Crippen LogP contribution in [0.3, 0.4) is 0 Å². The summed E-state index contributed by atoms with van der Waals surface area (Å²) in [6.07, 6.45) is 0. The summed E-state index contributed by atoms with van der Waals surface area (Å²) in [5, 5.41) is 2.87. The first-order chi connectivity index (χ1) is 13.5. The van der Waals surface area contributed by atoms with Crippen LogP contribution in [0.15, 0.2) is 77.3 Å². The lowest BCUT2D eigenvalue weighted by Crippen LogP contribution is -2.39. The molecular weight excluding hydrogens is 423 g/mol. The van der Waals surface area contributed by atoms with Gasteiger partial charge < -0.3 is 10.2 Å². The van der Waals surface area contributed by atoms with Gasteiger partial charge in [-0.2, -0.15) is 0 Å². The van der Waals surface area contributed by atoms with Gasteiger partial charge in [0, 0.05) is 21.3 Å². The highest BCUT2D eigenvalue weighted by atomic mass is 79.9. The van der Waals surface area contributed by atoms with Gasteiger partial charge in [-0.3, -0.25) is 9.59 Å². The number of hydrogen-bond acceptors (Lipinski definition) is 2. The van der Waals surface area contributed by atoms with E-state index >= 15 is 0 Å². The third-order valence-corrected chi connectivity index (χ3v) is 5.17. The van der Waals surface area contributed by atoms with E-state index in [1.165, 1.54) is 17.0 Å². The average Bonchev–Trinajstić information content (AvgIpc) is 2.84. The average molecular weight is 439 g/mol. The SMILES string of the molecule is O=C1CN(C(=O)c2ccccc2)[C@H](c2ccc(F)cc2)c2cc(Br)ccc2N1. The predicted molar refractivity (Wildman–Crippen MR) is 108 cm³/mol. The van der Waals surface area contributed by atoms with Crippen LogP contribution in [0.25, 0.3) is 0 Å². The van der Waals surface area contributed by atoms with Gasteiger partial charge in [-0.15, -0.1) is 0 Å². The van der Waals surface area contributed by atoms with Crippen molar-refractivity contribution in [3.05, 3.63) is 99.8 Å². The summed E-state index contributed by atoms with van der Waals surface area (Å²) in [4.78, 5) is 27.4. The van der Waals surface area contributed by atoms with Crippen molar-refractivity contribution in [2.45, 2.75) is 6.04 Å². The lowest BCUT2D eigenvalue weighted by atomic mass is 9.95. The Bertz CT molecular complexity index is 1040. The fourth-order valence-corrected chi connectivity index (χ4v) is 3.80. The maximum absolute atomic E-state index is 13.5. The lowest BCUT2D eigenvalue weighted by Gasteiger charge is -2.30. The number of amides is 2. The number of halogens is 2. The van der Waals surface area contributed by atoms with Crippen LogP contribution in [-0.2, 0) is 4.79 Å². The molecule has 0 radical (unpaired) electrons. The van der Waals surface area contributed by atoms with Crippen molar-refractivity contribution in [3.8, 4) is 0 Å². The molecule has 0 saturated carbocycles. The van der Waals surface area contributed by atoms with Gasteiger partial charge in [0.25, 0.3) is 5.91 Å². The molecule has 0 spiro atoms. The molecule has 2 amide bonds. The van der Waals surface area contributed by atoms with E-state index in [9.17, 15) is 14.0 Å². The molecule has 3 aromatic carbocycles. The number of benzene rings is 3. The molecule has 1 aliphatic rings. The molecular formula is C22H16BrFN2O2. The molecule has 140 valence electrons. The minimum Gasteiger partial charge on any atom is -0.324 e. The molecule has 1 aliphatic heterocycles. The van der Waals surface area contributed by atoms with Crippen LogP contribution in [0.1, 0.15) is 27.5 Å². The summed E-state index contributed by atoms with van der Waals surface area (Å²) >= 11 is 3.47. The van der Waals surface area contributed by atoms with E-state index in [-0.39, 0.29) is 24.2 Å². The largest absolute Gasteiger partial charge is 0.324 e. The Balaban J connectivity index is 1.90. The number of nitrogens with one attached hydrogen (secondary N) is 1. The second kappa shape index (κ2) is 7.56. The van der Waals surface area contributed by atoms with Gasteiger partial charge >= 0.3 is 0 Å². The molecule has 1 atom stereocenters. The van der Waals surface area contributed by atoms with Crippen LogP contribution in [0.4, 0.5) is 10.1 Å². The third-order valence-electron chi connectivity index (χ3n) is 4.68. The molecule has 3 aromatic rings. The number of hydrogen-bond donors (Lipinski definition) is 1. The van der Waals surface area contributed by atoms with E-state index in [0.29, 0.717) is 11.3 Å². The van der Waals surface area contributed by atoms with Crippen molar-refractivity contribution in [1.29, 1.82) is 0 Å². The maximum Gasteiger partial charge on any atom is 0.255 e. The van der Waals surface area contributed by atoms with Gasteiger partial charge in [0.15, 0.2) is 0 Å². The number of carbonyl (C=O) groups is 2. The first-order valence-electron chi connectivity index (χ1n) is 8.74. The zero-order chi connectivity index (χ0) is 19.7. The minimum absolute atomic E-state index is 0.109. The smallest absolute Gasteiger partial charge is 0.255 e. The molecule has 0 unspecified atom stereocenters. The van der Waals surface area contributed by atoms with Crippen LogP contribution >= 0.6 is 15.9 Å². The molecule has 0 bridgehead atoms. The molecule has 0 aliphatic carbocycles. The quantitative estimate of drug-likeness (QED) is 0.626. The molecule has 1 N–H and O–H groups in total. The molecule has 0 saturated heterocycles. The second-order valence-corrected chi connectivity index (χ2v) is 7.45. The highest BCUT2D eigenvalue weighted by Crippen LogP contribution is 2.38. The first-order valence-corrected chi connectivity index (χ1v) is 9.53. The summed E-state index contributed by atoms with van der Waals surface area (Å²) < 4.78 is 14.3. The molecule has 0 fully saturated rings. The van der Waals surface area contributed by atoms with Crippen LogP contribution in [0.5, 0.6) is 0 Å². The maximum atomic E-state index is 13.5. The van der Waals surface area contributed by atoms with Crippen molar-refractivity contribution in [2.75, 3.05) is 11.9 Å². The molecule has 0 aromatic heterocycles. The van der Waals surface area contributed by atoms with Gasteiger partial charge in [-0.05, 0) is 48.0 Å². The van der Waals surface area contributed by atoms with E-state index in [0.717, 1.165) is 15.6 Å².